The van der Waals surface area contributed by atoms with Crippen LogP contribution in [0, 0.1) is 11.3 Å². The third-order valence-corrected chi connectivity index (χ3v) is 5.11. The maximum Gasteiger partial charge on any atom is 0.0496 e. The van der Waals surface area contributed by atoms with E-state index in [0.29, 0.717) is 11.5 Å². The fraction of sp³-hybridized carbons (Fsp3) is 0.667. The quantitative estimate of drug-likeness (QED) is 0.891. The molecule has 0 radical (unpaired) electrons. The topological polar surface area (TPSA) is 29.3 Å². The first-order chi connectivity index (χ1) is 9.79. The molecule has 3 heteroatoms. The fourth-order valence-electron chi connectivity index (χ4n) is 3.55. The monoisotopic (exact) mass is 308 g/mol. The number of likely N-dealkylation sites (tertiary alicyclic amines) is 1. The van der Waals surface area contributed by atoms with Gasteiger partial charge in [-0.2, -0.15) is 0 Å². The van der Waals surface area contributed by atoms with Crippen LogP contribution in [-0.2, 0) is 0 Å². The van der Waals surface area contributed by atoms with E-state index in [0.717, 1.165) is 24.0 Å². The van der Waals surface area contributed by atoms with E-state index >= 15 is 0 Å². The van der Waals surface area contributed by atoms with Crippen molar-refractivity contribution in [3.05, 3.63) is 34.9 Å². The number of rotatable bonds is 3. The molecule has 0 amide bonds. The van der Waals surface area contributed by atoms with Crippen molar-refractivity contribution < 1.29 is 0 Å². The summed E-state index contributed by atoms with van der Waals surface area (Å²) in [5, 5.41) is 0.786. The third-order valence-electron chi connectivity index (χ3n) is 4.86. The zero-order valence-corrected chi connectivity index (χ0v) is 14.5. The predicted molar refractivity (Wildman–Crippen MR) is 91.6 cm³/mol. The van der Waals surface area contributed by atoms with Crippen LogP contribution in [0.15, 0.2) is 24.3 Å². The van der Waals surface area contributed by atoms with Gasteiger partial charge in [-0.25, -0.2) is 0 Å². The van der Waals surface area contributed by atoms with Crippen LogP contribution in [0.2, 0.25) is 5.02 Å². The SMILES string of the molecule is CC(N)C(c1ccc(Cl)cc1)N1CCC(C(C)(C)C)CC1. The molecule has 1 aromatic carbocycles. The van der Waals surface area contributed by atoms with E-state index in [1.807, 2.05) is 12.1 Å². The Kier molecular flexibility index (Phi) is 5.34. The van der Waals surface area contributed by atoms with Crippen LogP contribution >= 0.6 is 11.6 Å². The summed E-state index contributed by atoms with van der Waals surface area (Å²) in [6, 6.07) is 8.58. The van der Waals surface area contributed by atoms with E-state index in [9.17, 15) is 0 Å². The van der Waals surface area contributed by atoms with Gasteiger partial charge in [0.05, 0.1) is 0 Å². The average Bonchev–Trinajstić information content (AvgIpc) is 2.40. The van der Waals surface area contributed by atoms with Crippen LogP contribution < -0.4 is 5.73 Å². The molecule has 0 bridgehead atoms. The smallest absolute Gasteiger partial charge is 0.0496 e. The Morgan fingerprint density at radius 3 is 2.10 bits per heavy atom. The zero-order chi connectivity index (χ0) is 15.6. The molecule has 1 aromatic rings. The molecular weight excluding hydrogens is 280 g/mol. The molecule has 0 aliphatic carbocycles. The molecule has 21 heavy (non-hydrogen) atoms. The van der Waals surface area contributed by atoms with Crippen molar-refractivity contribution >= 4 is 11.6 Å². The number of piperidine rings is 1. The van der Waals surface area contributed by atoms with Crippen LogP contribution in [0.1, 0.15) is 52.1 Å². The van der Waals surface area contributed by atoms with E-state index in [-0.39, 0.29) is 6.04 Å². The molecule has 1 aliphatic heterocycles. The van der Waals surface area contributed by atoms with Crippen molar-refractivity contribution in [2.75, 3.05) is 13.1 Å². The van der Waals surface area contributed by atoms with Crippen molar-refractivity contribution in [2.45, 2.75) is 52.6 Å². The average molecular weight is 309 g/mol. The zero-order valence-electron chi connectivity index (χ0n) is 13.8. The summed E-state index contributed by atoms with van der Waals surface area (Å²) in [4.78, 5) is 2.55. The second-order valence-corrected chi connectivity index (χ2v) is 7.97. The Balaban J connectivity index is 2.09. The van der Waals surface area contributed by atoms with Gasteiger partial charge in [-0.3, -0.25) is 4.90 Å². The minimum absolute atomic E-state index is 0.123. The van der Waals surface area contributed by atoms with E-state index in [4.69, 9.17) is 17.3 Å². The summed E-state index contributed by atoms with van der Waals surface area (Å²) in [7, 11) is 0. The molecule has 1 fully saturated rings. The highest BCUT2D eigenvalue weighted by Gasteiger charge is 2.32. The van der Waals surface area contributed by atoms with Crippen LogP contribution in [0.4, 0.5) is 0 Å². The molecule has 2 atom stereocenters. The van der Waals surface area contributed by atoms with Gasteiger partial charge in [0.25, 0.3) is 0 Å². The standard InChI is InChI=1S/C18H29ClN2/c1-13(20)17(14-5-7-16(19)8-6-14)21-11-9-15(10-12-21)18(2,3)4/h5-8,13,15,17H,9-12,20H2,1-4H3. The predicted octanol–water partition coefficient (Wildman–Crippen LogP) is 4.49. The summed E-state index contributed by atoms with van der Waals surface area (Å²) in [6.45, 7) is 11.4. The van der Waals surface area contributed by atoms with E-state index in [1.54, 1.807) is 0 Å². The highest BCUT2D eigenvalue weighted by atomic mass is 35.5. The largest absolute Gasteiger partial charge is 0.326 e. The number of nitrogens with zero attached hydrogens (tertiary/aromatic N) is 1. The Morgan fingerprint density at radius 1 is 1.14 bits per heavy atom. The molecule has 0 saturated carbocycles. The Labute approximate surface area is 134 Å². The molecule has 1 heterocycles. The summed E-state index contributed by atoms with van der Waals surface area (Å²) in [5.41, 5.74) is 7.98. The van der Waals surface area contributed by atoms with Crippen LogP contribution in [0.3, 0.4) is 0 Å². The van der Waals surface area contributed by atoms with E-state index in [2.05, 4.69) is 44.7 Å². The first-order valence-electron chi connectivity index (χ1n) is 8.04. The van der Waals surface area contributed by atoms with Gasteiger partial charge in [-0.1, -0.05) is 44.5 Å². The summed E-state index contributed by atoms with van der Waals surface area (Å²) < 4.78 is 0. The van der Waals surface area contributed by atoms with Gasteiger partial charge in [-0.15, -0.1) is 0 Å². The number of benzene rings is 1. The van der Waals surface area contributed by atoms with Crippen LogP contribution in [0.5, 0.6) is 0 Å². The summed E-state index contributed by atoms with van der Waals surface area (Å²) in [5.74, 6) is 0.813. The number of hydrogen-bond acceptors (Lipinski definition) is 2. The second-order valence-electron chi connectivity index (χ2n) is 7.53. The van der Waals surface area contributed by atoms with Crippen molar-refractivity contribution in [3.63, 3.8) is 0 Å². The van der Waals surface area contributed by atoms with Gasteiger partial charge >= 0.3 is 0 Å². The van der Waals surface area contributed by atoms with Gasteiger partial charge in [0.1, 0.15) is 0 Å². The first kappa shape index (κ1) is 16.8. The van der Waals surface area contributed by atoms with Crippen molar-refractivity contribution in [1.82, 2.24) is 4.90 Å². The molecule has 118 valence electrons. The van der Waals surface area contributed by atoms with Gasteiger partial charge < -0.3 is 5.73 Å². The van der Waals surface area contributed by atoms with Crippen LogP contribution in [0.25, 0.3) is 0 Å². The molecule has 2 unspecified atom stereocenters. The number of nitrogens with two attached hydrogens (primary N) is 1. The van der Waals surface area contributed by atoms with Gasteiger partial charge in [0.15, 0.2) is 0 Å². The van der Waals surface area contributed by atoms with Crippen molar-refractivity contribution in [3.8, 4) is 0 Å². The van der Waals surface area contributed by atoms with Gasteiger partial charge in [0.2, 0.25) is 0 Å². The van der Waals surface area contributed by atoms with Crippen molar-refractivity contribution in [2.24, 2.45) is 17.1 Å². The lowest BCUT2D eigenvalue weighted by molar-refractivity contribution is 0.0749. The molecule has 2 rings (SSSR count). The minimum atomic E-state index is 0.123. The first-order valence-corrected chi connectivity index (χ1v) is 8.42. The molecule has 2 nitrogen and oxygen atoms in total. The molecule has 2 N–H and O–H groups in total. The maximum atomic E-state index is 6.28. The summed E-state index contributed by atoms with van der Waals surface area (Å²) >= 11 is 6.01. The number of hydrogen-bond donors (Lipinski definition) is 1. The molecule has 1 saturated heterocycles. The second kappa shape index (κ2) is 6.68. The molecule has 0 spiro atoms. The van der Waals surface area contributed by atoms with E-state index in [1.165, 1.54) is 18.4 Å². The lowest BCUT2D eigenvalue weighted by Gasteiger charge is -2.43. The Bertz CT molecular complexity index is 439. The number of halogens is 1. The third kappa shape index (κ3) is 4.21. The van der Waals surface area contributed by atoms with E-state index < -0.39 is 0 Å². The maximum absolute atomic E-state index is 6.28. The highest BCUT2D eigenvalue weighted by Crippen LogP contribution is 2.37. The molecule has 0 aromatic heterocycles. The molecule has 1 aliphatic rings. The highest BCUT2D eigenvalue weighted by molar-refractivity contribution is 6.30. The summed E-state index contributed by atoms with van der Waals surface area (Å²) in [6.07, 6.45) is 2.53. The van der Waals surface area contributed by atoms with Gasteiger partial charge in [0, 0.05) is 17.1 Å². The molecular formula is C18H29ClN2. The normalized spacial score (nSPS) is 21.2. The van der Waals surface area contributed by atoms with Crippen LogP contribution in [-0.4, -0.2) is 24.0 Å². The minimum Gasteiger partial charge on any atom is -0.326 e. The Morgan fingerprint density at radius 2 is 1.67 bits per heavy atom. The fourth-order valence-corrected chi connectivity index (χ4v) is 3.68. The Hall–Kier alpha value is -0.570. The van der Waals surface area contributed by atoms with Gasteiger partial charge in [-0.05, 0) is 61.9 Å². The lowest BCUT2D eigenvalue weighted by Crippen LogP contribution is -2.45. The lowest BCUT2D eigenvalue weighted by atomic mass is 9.75. The van der Waals surface area contributed by atoms with Crippen molar-refractivity contribution in [1.29, 1.82) is 0 Å².